The Morgan fingerprint density at radius 2 is 0.786 bits per heavy atom. The second-order valence-corrected chi connectivity index (χ2v) is 10.5. The molecule has 42 heavy (non-hydrogen) atoms. The smallest absolute Gasteiger partial charge is 0.344 e. The molecular formula is C40H28O2. The van der Waals surface area contributed by atoms with Crippen molar-refractivity contribution in [3.05, 3.63) is 168 Å². The van der Waals surface area contributed by atoms with Gasteiger partial charge in [-0.1, -0.05) is 151 Å². The van der Waals surface area contributed by atoms with Crippen molar-refractivity contribution in [3.8, 4) is 44.5 Å². The van der Waals surface area contributed by atoms with Gasteiger partial charge in [0.15, 0.2) is 0 Å². The molecule has 0 fully saturated rings. The van der Waals surface area contributed by atoms with Crippen LogP contribution in [0.2, 0.25) is 0 Å². The minimum Gasteiger partial charge on any atom is -0.422 e. The third kappa shape index (κ3) is 4.53. The Bertz CT molecular complexity index is 1920. The molecule has 0 saturated carbocycles. The Balaban J connectivity index is 1.71. The highest BCUT2D eigenvalue weighted by atomic mass is 16.5. The van der Waals surface area contributed by atoms with Crippen LogP contribution in [0.15, 0.2) is 146 Å². The maximum atomic E-state index is 14.1. The molecule has 200 valence electrons. The number of carbonyl (C=O) groups is 1. The maximum absolute atomic E-state index is 14.1. The molecule has 0 N–H and O–H groups in total. The van der Waals surface area contributed by atoms with E-state index in [9.17, 15) is 4.79 Å². The number of cyclic esters (lactones) is 1. The van der Waals surface area contributed by atoms with Crippen LogP contribution >= 0.6 is 0 Å². The van der Waals surface area contributed by atoms with Gasteiger partial charge in [-0.2, -0.15) is 0 Å². The van der Waals surface area contributed by atoms with Gasteiger partial charge in [-0.05, 0) is 51.9 Å². The fourth-order valence-electron chi connectivity index (χ4n) is 5.89. The molecule has 0 radical (unpaired) electrons. The van der Waals surface area contributed by atoms with E-state index in [0.29, 0.717) is 11.3 Å². The van der Waals surface area contributed by atoms with E-state index in [0.717, 1.165) is 55.6 Å². The molecule has 0 amide bonds. The highest BCUT2D eigenvalue weighted by Crippen LogP contribution is 2.54. The van der Waals surface area contributed by atoms with Gasteiger partial charge in [0.2, 0.25) is 0 Å². The number of ether oxygens (including phenoxy) is 1. The zero-order valence-corrected chi connectivity index (χ0v) is 23.3. The molecule has 6 aromatic rings. The Morgan fingerprint density at radius 3 is 1.19 bits per heavy atom. The van der Waals surface area contributed by atoms with Crippen molar-refractivity contribution < 1.29 is 9.53 Å². The summed E-state index contributed by atoms with van der Waals surface area (Å²) in [5.74, 6) is 0.225. The number of fused-ring (bicyclic) bond motifs is 1. The summed E-state index contributed by atoms with van der Waals surface area (Å²) in [6, 6.07) is 49.7. The van der Waals surface area contributed by atoms with E-state index in [4.69, 9.17) is 4.74 Å². The average molecular weight is 541 g/mol. The highest BCUT2D eigenvalue weighted by molar-refractivity contribution is 6.19. The predicted octanol–water partition coefficient (Wildman–Crippen LogP) is 10.3. The second kappa shape index (κ2) is 10.8. The fraction of sp³-hybridized carbons (Fsp3) is 0.0250. The van der Waals surface area contributed by atoms with Crippen LogP contribution in [0.3, 0.4) is 0 Å². The van der Waals surface area contributed by atoms with Crippen molar-refractivity contribution in [1.82, 2.24) is 0 Å². The van der Waals surface area contributed by atoms with E-state index in [2.05, 4.69) is 104 Å². The number of carbonyl (C=O) groups excluding carboxylic acids is 1. The van der Waals surface area contributed by atoms with Crippen LogP contribution in [0.5, 0.6) is 0 Å². The van der Waals surface area contributed by atoms with Crippen LogP contribution < -0.4 is 0 Å². The summed E-state index contributed by atoms with van der Waals surface area (Å²) >= 11 is 0. The molecule has 0 aromatic heterocycles. The van der Waals surface area contributed by atoms with Crippen LogP contribution in [0.1, 0.15) is 27.0 Å². The van der Waals surface area contributed by atoms with E-state index in [1.165, 1.54) is 5.56 Å². The molecule has 0 aliphatic carbocycles. The lowest BCUT2D eigenvalue weighted by molar-refractivity contribution is 0.0718. The first-order chi connectivity index (χ1) is 20.7. The number of aryl methyl sites for hydroxylation is 1. The summed E-state index contributed by atoms with van der Waals surface area (Å²) in [5, 5.41) is 0. The summed E-state index contributed by atoms with van der Waals surface area (Å²) < 4.78 is 6.19. The van der Waals surface area contributed by atoms with Gasteiger partial charge in [0.05, 0.1) is 5.56 Å². The predicted molar refractivity (Wildman–Crippen MR) is 173 cm³/mol. The van der Waals surface area contributed by atoms with Gasteiger partial charge in [-0.3, -0.25) is 0 Å². The van der Waals surface area contributed by atoms with Crippen molar-refractivity contribution in [2.45, 2.75) is 6.92 Å². The van der Waals surface area contributed by atoms with Gasteiger partial charge >= 0.3 is 5.97 Å². The van der Waals surface area contributed by atoms with Crippen LogP contribution in [0.25, 0.3) is 56.3 Å². The molecule has 2 nitrogen and oxygen atoms in total. The molecular weight excluding hydrogens is 512 g/mol. The van der Waals surface area contributed by atoms with E-state index in [1.54, 1.807) is 0 Å². The minimum absolute atomic E-state index is 0.337. The van der Waals surface area contributed by atoms with Crippen LogP contribution in [0, 0.1) is 6.92 Å². The SMILES string of the molecule is Cc1ccc(/C=C2\OC(=O)c3c2c(-c2ccccc2)c(-c2ccccc2)c(-c2ccccc2)c3-c2ccccc2)cc1. The lowest BCUT2D eigenvalue weighted by Crippen LogP contribution is -2.04. The van der Waals surface area contributed by atoms with Gasteiger partial charge in [-0.15, -0.1) is 0 Å². The number of rotatable bonds is 5. The first-order valence-electron chi connectivity index (χ1n) is 14.2. The van der Waals surface area contributed by atoms with Crippen molar-refractivity contribution in [2.24, 2.45) is 0 Å². The zero-order chi connectivity index (χ0) is 28.5. The molecule has 1 heterocycles. The molecule has 7 rings (SSSR count). The third-order valence-electron chi connectivity index (χ3n) is 7.78. The lowest BCUT2D eigenvalue weighted by atomic mass is 9.77. The Hall–Kier alpha value is -5.47. The maximum Gasteiger partial charge on any atom is 0.344 e. The summed E-state index contributed by atoms with van der Waals surface area (Å²) in [7, 11) is 0. The number of benzene rings is 6. The summed E-state index contributed by atoms with van der Waals surface area (Å²) in [6.07, 6.45) is 1.99. The number of hydrogen-bond acceptors (Lipinski definition) is 2. The Labute approximate surface area is 246 Å². The number of esters is 1. The normalized spacial score (nSPS) is 13.2. The quantitative estimate of drug-likeness (QED) is 0.203. The molecule has 6 aromatic carbocycles. The first kappa shape index (κ1) is 25.5. The molecule has 0 spiro atoms. The van der Waals surface area contributed by atoms with Gasteiger partial charge in [0.1, 0.15) is 5.76 Å². The monoisotopic (exact) mass is 540 g/mol. The summed E-state index contributed by atoms with van der Waals surface area (Å²) in [5.41, 5.74) is 11.6. The zero-order valence-electron chi connectivity index (χ0n) is 23.3. The summed E-state index contributed by atoms with van der Waals surface area (Å²) in [6.45, 7) is 2.07. The Kier molecular flexibility index (Phi) is 6.58. The average Bonchev–Trinajstić information content (AvgIpc) is 3.37. The van der Waals surface area contributed by atoms with E-state index in [1.807, 2.05) is 54.6 Å². The molecule has 0 atom stereocenters. The largest absolute Gasteiger partial charge is 0.422 e. The number of hydrogen-bond donors (Lipinski definition) is 0. The molecule has 1 aliphatic rings. The lowest BCUT2D eigenvalue weighted by Gasteiger charge is -2.24. The minimum atomic E-state index is -0.337. The first-order valence-corrected chi connectivity index (χ1v) is 14.2. The molecule has 0 saturated heterocycles. The van der Waals surface area contributed by atoms with Crippen molar-refractivity contribution >= 4 is 17.8 Å². The van der Waals surface area contributed by atoms with Gasteiger partial charge in [-0.25, -0.2) is 4.79 Å². The molecule has 2 heteroatoms. The highest BCUT2D eigenvalue weighted by Gasteiger charge is 2.37. The second-order valence-electron chi connectivity index (χ2n) is 10.5. The summed E-state index contributed by atoms with van der Waals surface area (Å²) in [4.78, 5) is 14.1. The Morgan fingerprint density at radius 1 is 0.429 bits per heavy atom. The van der Waals surface area contributed by atoms with Crippen molar-refractivity contribution in [3.63, 3.8) is 0 Å². The standard InChI is InChI=1S/C40H28O2/c1-27-22-24-28(25-23-27)26-33-38-36(31-18-10-4-11-19-31)34(29-14-6-2-7-15-29)35(30-16-8-3-9-17-30)37(39(38)40(41)42-33)32-20-12-5-13-21-32/h2-26H,1H3/b33-26-. The fourth-order valence-corrected chi connectivity index (χ4v) is 5.89. The van der Waals surface area contributed by atoms with Gasteiger partial charge in [0, 0.05) is 16.7 Å². The van der Waals surface area contributed by atoms with E-state index in [-0.39, 0.29) is 5.97 Å². The van der Waals surface area contributed by atoms with E-state index < -0.39 is 0 Å². The van der Waals surface area contributed by atoms with Gasteiger partial charge in [0.25, 0.3) is 0 Å². The van der Waals surface area contributed by atoms with Crippen LogP contribution in [0.4, 0.5) is 0 Å². The molecule has 0 unspecified atom stereocenters. The molecule has 1 aliphatic heterocycles. The van der Waals surface area contributed by atoms with Crippen molar-refractivity contribution in [2.75, 3.05) is 0 Å². The third-order valence-corrected chi connectivity index (χ3v) is 7.78. The van der Waals surface area contributed by atoms with Crippen LogP contribution in [-0.4, -0.2) is 5.97 Å². The van der Waals surface area contributed by atoms with Crippen LogP contribution in [-0.2, 0) is 4.74 Å². The topological polar surface area (TPSA) is 26.3 Å². The van der Waals surface area contributed by atoms with Crippen molar-refractivity contribution in [1.29, 1.82) is 0 Å². The van der Waals surface area contributed by atoms with Gasteiger partial charge < -0.3 is 4.74 Å². The molecule has 0 bridgehead atoms. The van der Waals surface area contributed by atoms with E-state index >= 15 is 0 Å².